The van der Waals surface area contributed by atoms with Gasteiger partial charge in [-0.1, -0.05) is 30.3 Å². The Hall–Kier alpha value is -3.45. The lowest BCUT2D eigenvalue weighted by molar-refractivity contribution is -0.147. The summed E-state index contributed by atoms with van der Waals surface area (Å²) in [5, 5.41) is 5.23. The molecule has 0 amide bonds. The topological polar surface area (TPSA) is 78.8 Å². The molecule has 7 nitrogen and oxygen atoms in total. The van der Waals surface area contributed by atoms with Gasteiger partial charge in [0.15, 0.2) is 6.61 Å². The van der Waals surface area contributed by atoms with Crippen LogP contribution < -0.4 is 5.32 Å². The second-order valence-corrected chi connectivity index (χ2v) is 8.97. The maximum Gasteiger partial charge on any atom is 0.344 e. The van der Waals surface area contributed by atoms with Crippen LogP contribution >= 0.6 is 11.6 Å². The number of aromatic nitrogens is 1. The normalized spacial score (nSPS) is 14.4. The average Bonchev–Trinajstić information content (AvgIpc) is 3.17. The van der Waals surface area contributed by atoms with Gasteiger partial charge in [0, 0.05) is 16.1 Å². The highest BCUT2D eigenvalue weighted by Gasteiger charge is 2.30. The van der Waals surface area contributed by atoms with Crippen molar-refractivity contribution in [1.82, 2.24) is 4.57 Å². The Morgan fingerprint density at radius 1 is 1.17 bits per heavy atom. The number of anilines is 1. The van der Waals surface area contributed by atoms with E-state index < -0.39 is 5.97 Å². The minimum absolute atomic E-state index is 0.125. The highest BCUT2D eigenvalue weighted by atomic mass is 35.5. The van der Waals surface area contributed by atoms with Crippen LogP contribution in [0.4, 0.5) is 5.69 Å². The third-order valence-corrected chi connectivity index (χ3v) is 6.63. The SMILES string of the molecule is C=C(OCC(=O)OCC)[C@@H]1Cn2c(C)cc3c(-c4ccc(Cl)cc4)c(CC(=O)OC)c(C)c(c32)N1. The fourth-order valence-corrected chi connectivity index (χ4v) is 4.78. The van der Waals surface area contributed by atoms with Crippen LogP contribution in [0.25, 0.3) is 22.0 Å². The highest BCUT2D eigenvalue weighted by molar-refractivity contribution is 6.30. The molecule has 0 bridgehead atoms. The van der Waals surface area contributed by atoms with Gasteiger partial charge in [0.25, 0.3) is 0 Å². The fraction of sp³-hybridized carbons (Fsp3) is 0.333. The van der Waals surface area contributed by atoms with Crippen LogP contribution in [0, 0.1) is 13.8 Å². The zero-order valence-corrected chi connectivity index (χ0v) is 21.1. The molecule has 0 spiro atoms. The molecule has 0 saturated heterocycles. The minimum Gasteiger partial charge on any atom is -0.485 e. The third-order valence-electron chi connectivity index (χ3n) is 6.37. The quantitative estimate of drug-likeness (QED) is 0.342. The number of rotatable bonds is 8. The van der Waals surface area contributed by atoms with E-state index in [9.17, 15) is 9.59 Å². The van der Waals surface area contributed by atoms with Gasteiger partial charge in [-0.15, -0.1) is 0 Å². The van der Waals surface area contributed by atoms with E-state index >= 15 is 0 Å². The van der Waals surface area contributed by atoms with Gasteiger partial charge in [0.05, 0.1) is 37.9 Å². The molecule has 2 heterocycles. The van der Waals surface area contributed by atoms with Crippen LogP contribution in [-0.4, -0.2) is 42.9 Å². The van der Waals surface area contributed by atoms with Crippen LogP contribution in [0.5, 0.6) is 0 Å². The predicted molar refractivity (Wildman–Crippen MR) is 137 cm³/mol. The molecule has 8 heteroatoms. The second kappa shape index (κ2) is 10.0. The monoisotopic (exact) mass is 496 g/mol. The Balaban J connectivity index is 1.82. The van der Waals surface area contributed by atoms with E-state index in [-0.39, 0.29) is 25.0 Å². The van der Waals surface area contributed by atoms with Crippen molar-refractivity contribution in [2.24, 2.45) is 0 Å². The predicted octanol–water partition coefficient (Wildman–Crippen LogP) is 5.18. The van der Waals surface area contributed by atoms with Crippen molar-refractivity contribution in [3.63, 3.8) is 0 Å². The number of esters is 2. The van der Waals surface area contributed by atoms with Crippen LogP contribution in [-0.2, 0) is 36.8 Å². The summed E-state index contributed by atoms with van der Waals surface area (Å²) >= 11 is 6.15. The summed E-state index contributed by atoms with van der Waals surface area (Å²) in [4.78, 5) is 24.2. The molecule has 1 atom stereocenters. The number of carbonyl (C=O) groups is 2. The molecule has 184 valence electrons. The average molecular weight is 497 g/mol. The Bertz CT molecular complexity index is 1310. The second-order valence-electron chi connectivity index (χ2n) is 8.53. The van der Waals surface area contributed by atoms with Gasteiger partial charge < -0.3 is 24.1 Å². The van der Waals surface area contributed by atoms with Crippen molar-refractivity contribution in [1.29, 1.82) is 0 Å². The van der Waals surface area contributed by atoms with E-state index in [1.165, 1.54) is 7.11 Å². The molecule has 1 aliphatic rings. The number of carbonyl (C=O) groups excluding carboxylic acids is 2. The summed E-state index contributed by atoms with van der Waals surface area (Å²) in [7, 11) is 1.39. The number of hydrogen-bond donors (Lipinski definition) is 1. The van der Waals surface area contributed by atoms with Gasteiger partial charge in [-0.05, 0) is 61.2 Å². The fourth-order valence-electron chi connectivity index (χ4n) is 4.65. The van der Waals surface area contributed by atoms with Crippen molar-refractivity contribution in [3.05, 3.63) is 64.5 Å². The first kappa shape index (κ1) is 24.7. The van der Waals surface area contributed by atoms with Gasteiger partial charge in [0.2, 0.25) is 0 Å². The van der Waals surface area contributed by atoms with Crippen LogP contribution in [0.1, 0.15) is 23.7 Å². The molecule has 35 heavy (non-hydrogen) atoms. The van der Waals surface area contributed by atoms with E-state index in [2.05, 4.69) is 29.5 Å². The molecule has 0 radical (unpaired) electrons. The Morgan fingerprint density at radius 2 is 1.89 bits per heavy atom. The summed E-state index contributed by atoms with van der Waals surface area (Å²) < 4.78 is 17.8. The van der Waals surface area contributed by atoms with Crippen LogP contribution in [0.15, 0.2) is 42.7 Å². The number of nitrogens with one attached hydrogen (secondary N) is 1. The van der Waals surface area contributed by atoms with Crippen molar-refractivity contribution >= 4 is 40.1 Å². The molecule has 3 aromatic rings. The zero-order valence-electron chi connectivity index (χ0n) is 20.4. The maximum absolute atomic E-state index is 12.4. The van der Waals surface area contributed by atoms with Gasteiger partial charge in [-0.3, -0.25) is 4.79 Å². The molecule has 0 saturated carbocycles. The minimum atomic E-state index is -0.437. The number of aryl methyl sites for hydroxylation is 1. The highest BCUT2D eigenvalue weighted by Crippen LogP contribution is 2.44. The summed E-state index contributed by atoms with van der Waals surface area (Å²) in [6.07, 6.45) is 0.125. The molecule has 0 aliphatic carbocycles. The third kappa shape index (κ3) is 4.73. The Kier molecular flexibility index (Phi) is 7.08. The number of nitrogens with zero attached hydrogens (tertiary/aromatic N) is 1. The van der Waals surface area contributed by atoms with Crippen molar-refractivity contribution in [2.75, 3.05) is 25.6 Å². The Morgan fingerprint density at radius 3 is 2.54 bits per heavy atom. The lowest BCUT2D eigenvalue weighted by atomic mass is 9.88. The van der Waals surface area contributed by atoms with Gasteiger partial charge >= 0.3 is 11.9 Å². The molecule has 0 fully saturated rings. The molecule has 0 unspecified atom stereocenters. The van der Waals surface area contributed by atoms with Crippen LogP contribution in [0.3, 0.4) is 0 Å². The van der Waals surface area contributed by atoms with Gasteiger partial charge in [-0.2, -0.15) is 0 Å². The van der Waals surface area contributed by atoms with Crippen molar-refractivity contribution in [2.45, 2.75) is 39.8 Å². The van der Waals surface area contributed by atoms with E-state index in [4.69, 9.17) is 25.8 Å². The number of ether oxygens (including phenoxy) is 3. The lowest BCUT2D eigenvalue weighted by Gasteiger charge is -2.31. The molecule has 1 aromatic heterocycles. The summed E-state index contributed by atoms with van der Waals surface area (Å²) in [6.45, 7) is 10.5. The first-order valence-electron chi connectivity index (χ1n) is 11.5. The smallest absolute Gasteiger partial charge is 0.344 e. The van der Waals surface area contributed by atoms with Gasteiger partial charge in [-0.25, -0.2) is 4.79 Å². The number of hydrogen-bond acceptors (Lipinski definition) is 6. The maximum atomic E-state index is 12.4. The summed E-state index contributed by atoms with van der Waals surface area (Å²) in [6, 6.07) is 9.51. The van der Waals surface area contributed by atoms with Crippen molar-refractivity contribution in [3.8, 4) is 11.1 Å². The Labute approximate surface area is 209 Å². The van der Waals surface area contributed by atoms with E-state index in [0.29, 0.717) is 23.9 Å². The van der Waals surface area contributed by atoms with E-state index in [1.807, 2.05) is 31.2 Å². The van der Waals surface area contributed by atoms with E-state index in [0.717, 1.165) is 44.5 Å². The summed E-state index contributed by atoms with van der Waals surface area (Å²) in [5.74, 6) is -0.310. The number of benzene rings is 2. The molecular formula is C27H29ClN2O5. The van der Waals surface area contributed by atoms with Crippen molar-refractivity contribution < 1.29 is 23.8 Å². The molecule has 2 aromatic carbocycles. The molecular weight excluding hydrogens is 468 g/mol. The molecule has 1 aliphatic heterocycles. The zero-order chi connectivity index (χ0) is 25.3. The lowest BCUT2D eigenvalue weighted by Crippen LogP contribution is -2.33. The standard InChI is InChI=1S/C27H29ClN2O5/c1-6-34-24(32)14-35-17(4)22-13-30-15(2)11-21-25(18-7-9-19(28)10-8-18)20(12-23(31)33-5)16(3)26(29-22)27(21)30/h7-11,22,29H,4,6,12-14H2,1-3,5H3/t22-/m0/s1. The van der Waals surface area contributed by atoms with E-state index in [1.54, 1.807) is 6.92 Å². The van der Waals surface area contributed by atoms with Crippen LogP contribution in [0.2, 0.25) is 5.02 Å². The number of halogens is 1. The molecule has 4 rings (SSSR count). The number of methoxy groups -OCH3 is 1. The first-order valence-corrected chi connectivity index (χ1v) is 11.8. The van der Waals surface area contributed by atoms with Gasteiger partial charge in [0.1, 0.15) is 11.8 Å². The summed E-state index contributed by atoms with van der Waals surface area (Å²) in [5.41, 5.74) is 6.80. The largest absolute Gasteiger partial charge is 0.485 e. The molecule has 1 N–H and O–H groups in total. The first-order chi connectivity index (χ1) is 16.7.